The van der Waals surface area contributed by atoms with Crippen molar-refractivity contribution in [3.8, 4) is 5.88 Å². The third kappa shape index (κ3) is 3.59. The molecule has 4 heteroatoms. The predicted octanol–water partition coefficient (Wildman–Crippen LogP) is 3.04. The van der Waals surface area contributed by atoms with Crippen LogP contribution in [0.4, 0.5) is 5.82 Å². The summed E-state index contributed by atoms with van der Waals surface area (Å²) in [6.45, 7) is 4.35. The normalized spacial score (nSPS) is 16.2. The number of nitrogens with zero attached hydrogens (tertiary/aromatic N) is 2. The number of rotatable bonds is 5. The maximum absolute atomic E-state index is 5.25. The van der Waals surface area contributed by atoms with E-state index < -0.39 is 0 Å². The lowest BCUT2D eigenvalue weighted by atomic mass is 10.1. The molecule has 0 saturated heterocycles. The summed E-state index contributed by atoms with van der Waals surface area (Å²) in [6.07, 6.45) is 6.01. The van der Waals surface area contributed by atoms with Crippen LogP contribution >= 0.6 is 0 Å². The van der Waals surface area contributed by atoms with E-state index >= 15 is 0 Å². The van der Waals surface area contributed by atoms with Crippen LogP contribution in [-0.2, 0) is 6.42 Å². The van der Waals surface area contributed by atoms with Crippen LogP contribution in [0.2, 0.25) is 0 Å². The average molecular weight is 249 g/mol. The molecule has 0 radical (unpaired) electrons. The minimum atomic E-state index is 0.552. The minimum Gasteiger partial charge on any atom is -0.481 e. The number of anilines is 1. The summed E-state index contributed by atoms with van der Waals surface area (Å²) in [5.41, 5.74) is 0. The van der Waals surface area contributed by atoms with Crippen LogP contribution in [0.1, 0.15) is 45.4 Å². The van der Waals surface area contributed by atoms with Crippen LogP contribution in [0.25, 0.3) is 0 Å². The van der Waals surface area contributed by atoms with E-state index in [1.54, 1.807) is 7.11 Å². The first kappa shape index (κ1) is 13.1. The highest BCUT2D eigenvalue weighted by atomic mass is 16.5. The molecule has 1 N–H and O–H groups in total. The molecule has 1 aromatic rings. The molecule has 0 spiro atoms. The fourth-order valence-corrected chi connectivity index (χ4v) is 2.39. The number of hydrogen-bond donors (Lipinski definition) is 1. The Kier molecular flexibility index (Phi) is 4.39. The third-order valence-electron chi connectivity index (χ3n) is 3.26. The maximum Gasteiger partial charge on any atom is 0.218 e. The van der Waals surface area contributed by atoms with Gasteiger partial charge in [0.15, 0.2) is 0 Å². The van der Waals surface area contributed by atoms with E-state index in [0.717, 1.165) is 18.1 Å². The van der Waals surface area contributed by atoms with Gasteiger partial charge >= 0.3 is 0 Å². The van der Waals surface area contributed by atoms with Crippen molar-refractivity contribution in [3.63, 3.8) is 0 Å². The summed E-state index contributed by atoms with van der Waals surface area (Å²) in [5.74, 6) is 2.98. The monoisotopic (exact) mass is 249 g/mol. The Labute approximate surface area is 109 Å². The standard InChI is InChI=1S/C14H23N3O/c1-10(2)8-12-16-13(9-14(17-12)18-3)15-11-6-4-5-7-11/h9-11H,4-8H2,1-3H3,(H,15,16,17). The van der Waals surface area contributed by atoms with E-state index in [1.165, 1.54) is 25.7 Å². The SMILES string of the molecule is COc1cc(NC2CCCC2)nc(CC(C)C)n1. The lowest BCUT2D eigenvalue weighted by Gasteiger charge is -2.14. The minimum absolute atomic E-state index is 0.552. The second-order valence-electron chi connectivity index (χ2n) is 5.44. The van der Waals surface area contributed by atoms with Crippen LogP contribution in [-0.4, -0.2) is 23.1 Å². The quantitative estimate of drug-likeness (QED) is 0.871. The topological polar surface area (TPSA) is 47.0 Å². The molecule has 1 saturated carbocycles. The van der Waals surface area contributed by atoms with Gasteiger partial charge in [-0.05, 0) is 18.8 Å². The molecule has 4 nitrogen and oxygen atoms in total. The van der Waals surface area contributed by atoms with Gasteiger partial charge in [0.25, 0.3) is 0 Å². The van der Waals surface area contributed by atoms with Crippen molar-refractivity contribution in [1.82, 2.24) is 9.97 Å². The molecule has 0 bridgehead atoms. The largest absolute Gasteiger partial charge is 0.481 e. The van der Waals surface area contributed by atoms with E-state index in [4.69, 9.17) is 4.74 Å². The van der Waals surface area contributed by atoms with Crippen molar-refractivity contribution < 1.29 is 4.74 Å². The summed E-state index contributed by atoms with van der Waals surface area (Å²) in [4.78, 5) is 8.98. The van der Waals surface area contributed by atoms with E-state index in [2.05, 4.69) is 29.1 Å². The molecule has 1 heterocycles. The van der Waals surface area contributed by atoms with Gasteiger partial charge in [0.05, 0.1) is 7.11 Å². The molecule has 0 unspecified atom stereocenters. The van der Waals surface area contributed by atoms with Gasteiger partial charge in [-0.2, -0.15) is 4.98 Å². The number of hydrogen-bond acceptors (Lipinski definition) is 4. The molecule has 1 aliphatic carbocycles. The van der Waals surface area contributed by atoms with Crippen LogP contribution in [0.15, 0.2) is 6.07 Å². The van der Waals surface area contributed by atoms with E-state index in [9.17, 15) is 0 Å². The smallest absolute Gasteiger partial charge is 0.218 e. The summed E-state index contributed by atoms with van der Waals surface area (Å²) in [7, 11) is 1.65. The Hall–Kier alpha value is -1.32. The Bertz CT molecular complexity index is 387. The van der Waals surface area contributed by atoms with Gasteiger partial charge in [0, 0.05) is 18.5 Å². The van der Waals surface area contributed by atoms with Crippen molar-refractivity contribution in [2.75, 3.05) is 12.4 Å². The molecule has 0 aromatic carbocycles. The molecule has 1 fully saturated rings. The number of ether oxygens (including phenoxy) is 1. The predicted molar refractivity (Wildman–Crippen MR) is 73.0 cm³/mol. The molecule has 1 aliphatic rings. The summed E-state index contributed by atoms with van der Waals surface area (Å²) < 4.78 is 5.25. The molecule has 1 aromatic heterocycles. The zero-order chi connectivity index (χ0) is 13.0. The van der Waals surface area contributed by atoms with Crippen molar-refractivity contribution in [2.45, 2.75) is 52.0 Å². The molecular weight excluding hydrogens is 226 g/mol. The van der Waals surface area contributed by atoms with Crippen LogP contribution in [0.5, 0.6) is 5.88 Å². The average Bonchev–Trinajstić information content (AvgIpc) is 2.80. The van der Waals surface area contributed by atoms with E-state index in [0.29, 0.717) is 17.8 Å². The zero-order valence-electron chi connectivity index (χ0n) is 11.6. The lowest BCUT2D eigenvalue weighted by Crippen LogP contribution is -2.16. The lowest BCUT2D eigenvalue weighted by molar-refractivity contribution is 0.394. The van der Waals surface area contributed by atoms with Gasteiger partial charge in [-0.3, -0.25) is 0 Å². The number of methoxy groups -OCH3 is 1. The van der Waals surface area contributed by atoms with E-state index in [1.807, 2.05) is 6.07 Å². The molecule has 2 rings (SSSR count). The molecule has 0 atom stereocenters. The number of aromatic nitrogens is 2. The Balaban J connectivity index is 2.11. The molecule has 100 valence electrons. The van der Waals surface area contributed by atoms with Crippen molar-refractivity contribution in [3.05, 3.63) is 11.9 Å². The third-order valence-corrected chi connectivity index (χ3v) is 3.26. The highest BCUT2D eigenvalue weighted by Gasteiger charge is 2.16. The molecule has 0 aliphatic heterocycles. The second-order valence-corrected chi connectivity index (χ2v) is 5.44. The van der Waals surface area contributed by atoms with Gasteiger partial charge in [-0.25, -0.2) is 4.98 Å². The van der Waals surface area contributed by atoms with Crippen LogP contribution in [0, 0.1) is 5.92 Å². The molecule has 0 amide bonds. The first-order chi connectivity index (χ1) is 8.67. The van der Waals surface area contributed by atoms with Gasteiger partial charge in [-0.15, -0.1) is 0 Å². The maximum atomic E-state index is 5.25. The van der Waals surface area contributed by atoms with Crippen molar-refractivity contribution in [1.29, 1.82) is 0 Å². The second kappa shape index (κ2) is 6.03. The highest BCUT2D eigenvalue weighted by molar-refractivity contribution is 5.39. The molecule has 18 heavy (non-hydrogen) atoms. The Morgan fingerprint density at radius 1 is 1.33 bits per heavy atom. The first-order valence-corrected chi connectivity index (χ1v) is 6.86. The van der Waals surface area contributed by atoms with Crippen LogP contribution in [0.3, 0.4) is 0 Å². The summed E-state index contributed by atoms with van der Waals surface area (Å²) in [6, 6.07) is 2.46. The Morgan fingerprint density at radius 3 is 2.67 bits per heavy atom. The first-order valence-electron chi connectivity index (χ1n) is 6.86. The van der Waals surface area contributed by atoms with E-state index in [-0.39, 0.29) is 0 Å². The van der Waals surface area contributed by atoms with Gasteiger partial charge in [-0.1, -0.05) is 26.7 Å². The van der Waals surface area contributed by atoms with Gasteiger partial charge in [0.1, 0.15) is 11.6 Å². The van der Waals surface area contributed by atoms with Crippen LogP contribution < -0.4 is 10.1 Å². The van der Waals surface area contributed by atoms with Crippen molar-refractivity contribution in [2.24, 2.45) is 5.92 Å². The van der Waals surface area contributed by atoms with Gasteiger partial charge in [0.2, 0.25) is 5.88 Å². The van der Waals surface area contributed by atoms with Gasteiger partial charge < -0.3 is 10.1 Å². The fourth-order valence-electron chi connectivity index (χ4n) is 2.39. The summed E-state index contributed by atoms with van der Waals surface area (Å²) in [5, 5.41) is 3.50. The summed E-state index contributed by atoms with van der Waals surface area (Å²) >= 11 is 0. The fraction of sp³-hybridized carbons (Fsp3) is 0.714. The van der Waals surface area contributed by atoms with Crippen molar-refractivity contribution >= 4 is 5.82 Å². The zero-order valence-corrected chi connectivity index (χ0v) is 11.6. The highest BCUT2D eigenvalue weighted by Crippen LogP contribution is 2.23. The Morgan fingerprint density at radius 2 is 2.06 bits per heavy atom. The molecular formula is C14H23N3O. The number of nitrogens with one attached hydrogen (secondary N) is 1.